The fourth-order valence-electron chi connectivity index (χ4n) is 3.56. The summed E-state index contributed by atoms with van der Waals surface area (Å²) in [7, 11) is 0. The van der Waals surface area contributed by atoms with E-state index in [0.29, 0.717) is 0 Å². The van der Waals surface area contributed by atoms with E-state index in [-0.39, 0.29) is 0 Å². The first kappa shape index (κ1) is 16.4. The van der Waals surface area contributed by atoms with E-state index in [1.165, 1.54) is 21.8 Å². The molecule has 0 N–H and O–H groups in total. The molecule has 0 spiro atoms. The Kier molecular flexibility index (Phi) is 4.44. The lowest BCUT2D eigenvalue weighted by Gasteiger charge is -2.16. The molecule has 0 radical (unpaired) electrons. The molecule has 26 heavy (non-hydrogen) atoms. The van der Waals surface area contributed by atoms with Crippen molar-refractivity contribution in [3.05, 3.63) is 78.4 Å². The Hall–Kier alpha value is -3.07. The van der Waals surface area contributed by atoms with Crippen LogP contribution in [0.5, 0.6) is 0 Å². The number of nitrogens with zero attached hydrogens (tertiary/aromatic N) is 3. The van der Waals surface area contributed by atoms with Gasteiger partial charge in [-0.25, -0.2) is 0 Å². The molecule has 0 unspecified atom stereocenters. The smallest absolute Gasteiger partial charge is 0.0593 e. The molecule has 0 amide bonds. The molecule has 3 nitrogen and oxygen atoms in total. The SMILES string of the molecule is CCN(N=Cc1ccc2c(c1)c1ccccc1n2CC)c1ccccc1. The van der Waals surface area contributed by atoms with Crippen molar-refractivity contribution < 1.29 is 0 Å². The van der Waals surface area contributed by atoms with Crippen LogP contribution in [0.2, 0.25) is 0 Å². The largest absolute Gasteiger partial charge is 0.341 e. The van der Waals surface area contributed by atoms with Gasteiger partial charge in [-0.2, -0.15) is 5.10 Å². The van der Waals surface area contributed by atoms with Crippen LogP contribution >= 0.6 is 0 Å². The van der Waals surface area contributed by atoms with Gasteiger partial charge in [-0.15, -0.1) is 0 Å². The number of hydrazone groups is 1. The average Bonchev–Trinajstić information content (AvgIpc) is 3.02. The molecule has 0 bridgehead atoms. The predicted octanol–water partition coefficient (Wildman–Crippen LogP) is 5.67. The van der Waals surface area contributed by atoms with Crippen molar-refractivity contribution in [3.8, 4) is 0 Å². The Balaban J connectivity index is 1.75. The number of benzene rings is 3. The van der Waals surface area contributed by atoms with Gasteiger partial charge in [0.25, 0.3) is 0 Å². The molecule has 0 aliphatic rings. The van der Waals surface area contributed by atoms with E-state index < -0.39 is 0 Å². The summed E-state index contributed by atoms with van der Waals surface area (Å²) in [4.78, 5) is 0. The first-order chi connectivity index (χ1) is 12.8. The first-order valence-electron chi connectivity index (χ1n) is 9.19. The summed E-state index contributed by atoms with van der Waals surface area (Å²) >= 11 is 0. The number of hydrogen-bond acceptors (Lipinski definition) is 2. The molecule has 0 saturated carbocycles. The second kappa shape index (κ2) is 7.04. The average molecular weight is 341 g/mol. The van der Waals surface area contributed by atoms with Gasteiger partial charge in [0.2, 0.25) is 0 Å². The molecule has 0 aliphatic heterocycles. The molecule has 0 fully saturated rings. The zero-order valence-electron chi connectivity index (χ0n) is 15.3. The number of rotatable bonds is 5. The molecule has 1 aromatic heterocycles. The Bertz CT molecular complexity index is 1060. The third kappa shape index (κ3) is 2.86. The number of fused-ring (bicyclic) bond motifs is 3. The van der Waals surface area contributed by atoms with E-state index in [4.69, 9.17) is 5.10 Å². The highest BCUT2D eigenvalue weighted by atomic mass is 15.4. The van der Waals surface area contributed by atoms with E-state index in [0.717, 1.165) is 24.3 Å². The van der Waals surface area contributed by atoms with Crippen LogP contribution in [0.15, 0.2) is 77.9 Å². The molecule has 0 atom stereocenters. The summed E-state index contributed by atoms with van der Waals surface area (Å²) in [5.74, 6) is 0. The summed E-state index contributed by atoms with van der Waals surface area (Å²) in [6.45, 7) is 6.11. The molecule has 4 rings (SSSR count). The quantitative estimate of drug-likeness (QED) is 0.338. The fraction of sp³-hybridized carbons (Fsp3) is 0.174. The predicted molar refractivity (Wildman–Crippen MR) is 112 cm³/mol. The Morgan fingerprint density at radius 2 is 1.58 bits per heavy atom. The van der Waals surface area contributed by atoms with E-state index in [2.05, 4.69) is 73.0 Å². The number of aromatic nitrogens is 1. The van der Waals surface area contributed by atoms with Crippen LogP contribution in [-0.2, 0) is 6.54 Å². The van der Waals surface area contributed by atoms with Gasteiger partial charge in [-0.1, -0.05) is 42.5 Å². The van der Waals surface area contributed by atoms with E-state index in [1.54, 1.807) is 0 Å². The molecular weight excluding hydrogens is 318 g/mol. The van der Waals surface area contributed by atoms with Gasteiger partial charge in [0.1, 0.15) is 0 Å². The van der Waals surface area contributed by atoms with Crippen molar-refractivity contribution in [2.24, 2.45) is 5.10 Å². The van der Waals surface area contributed by atoms with Gasteiger partial charge < -0.3 is 4.57 Å². The monoisotopic (exact) mass is 341 g/mol. The Morgan fingerprint density at radius 1 is 0.846 bits per heavy atom. The molecule has 1 heterocycles. The summed E-state index contributed by atoms with van der Waals surface area (Å²) in [6.07, 6.45) is 1.95. The minimum absolute atomic E-state index is 0.831. The van der Waals surface area contributed by atoms with Crippen molar-refractivity contribution in [2.75, 3.05) is 11.6 Å². The van der Waals surface area contributed by atoms with Crippen LogP contribution < -0.4 is 5.01 Å². The van der Waals surface area contributed by atoms with E-state index in [9.17, 15) is 0 Å². The molecule has 0 aliphatic carbocycles. The Morgan fingerprint density at radius 3 is 2.35 bits per heavy atom. The fourth-order valence-corrected chi connectivity index (χ4v) is 3.56. The zero-order chi connectivity index (χ0) is 17.9. The maximum atomic E-state index is 4.70. The van der Waals surface area contributed by atoms with Crippen molar-refractivity contribution in [3.63, 3.8) is 0 Å². The van der Waals surface area contributed by atoms with Crippen molar-refractivity contribution >= 4 is 33.7 Å². The minimum atomic E-state index is 0.831. The third-order valence-corrected chi connectivity index (χ3v) is 4.81. The van der Waals surface area contributed by atoms with Gasteiger partial charge in [-0.3, -0.25) is 5.01 Å². The highest BCUT2D eigenvalue weighted by Crippen LogP contribution is 2.29. The third-order valence-electron chi connectivity index (χ3n) is 4.81. The maximum absolute atomic E-state index is 4.70. The zero-order valence-corrected chi connectivity index (χ0v) is 15.3. The van der Waals surface area contributed by atoms with Crippen LogP contribution in [-0.4, -0.2) is 17.3 Å². The van der Waals surface area contributed by atoms with Gasteiger partial charge in [-0.05, 0) is 49.7 Å². The van der Waals surface area contributed by atoms with E-state index in [1.807, 2.05) is 29.4 Å². The second-order valence-corrected chi connectivity index (χ2v) is 6.33. The first-order valence-corrected chi connectivity index (χ1v) is 9.19. The van der Waals surface area contributed by atoms with Crippen LogP contribution in [0.3, 0.4) is 0 Å². The van der Waals surface area contributed by atoms with Gasteiger partial charge in [0, 0.05) is 34.9 Å². The lowest BCUT2D eigenvalue weighted by molar-refractivity contribution is 0.827. The molecule has 130 valence electrons. The molecular formula is C23H23N3. The number of aryl methyl sites for hydroxylation is 1. The van der Waals surface area contributed by atoms with Gasteiger partial charge in [0.15, 0.2) is 0 Å². The second-order valence-electron chi connectivity index (χ2n) is 6.33. The number of anilines is 1. The molecule has 0 saturated heterocycles. The van der Waals surface area contributed by atoms with Crippen molar-refractivity contribution in [1.29, 1.82) is 0 Å². The molecule has 3 heteroatoms. The van der Waals surface area contributed by atoms with Crippen LogP contribution in [0.4, 0.5) is 5.69 Å². The van der Waals surface area contributed by atoms with Gasteiger partial charge in [0.05, 0.1) is 11.9 Å². The molecule has 3 aromatic carbocycles. The summed E-state index contributed by atoms with van der Waals surface area (Å²) in [5, 5.41) is 9.30. The highest BCUT2D eigenvalue weighted by Gasteiger charge is 2.09. The summed E-state index contributed by atoms with van der Waals surface area (Å²) in [5.41, 5.74) is 4.79. The van der Waals surface area contributed by atoms with Crippen molar-refractivity contribution in [2.45, 2.75) is 20.4 Å². The number of hydrogen-bond donors (Lipinski definition) is 0. The van der Waals surface area contributed by atoms with E-state index >= 15 is 0 Å². The van der Waals surface area contributed by atoms with Crippen LogP contribution in [0.25, 0.3) is 21.8 Å². The van der Waals surface area contributed by atoms with Gasteiger partial charge >= 0.3 is 0 Å². The minimum Gasteiger partial charge on any atom is -0.341 e. The van der Waals surface area contributed by atoms with Crippen molar-refractivity contribution in [1.82, 2.24) is 4.57 Å². The standard InChI is InChI=1S/C23H23N3/c1-3-25-22-13-9-8-12-20(22)21-16-18(14-15-23(21)25)17-24-26(4-2)19-10-6-5-7-11-19/h5-17H,3-4H2,1-2H3. The topological polar surface area (TPSA) is 20.5 Å². The lowest BCUT2D eigenvalue weighted by atomic mass is 10.1. The number of para-hydroxylation sites is 2. The van der Waals surface area contributed by atoms with Crippen LogP contribution in [0, 0.1) is 0 Å². The molecule has 4 aromatic rings. The Labute approximate surface area is 154 Å². The lowest BCUT2D eigenvalue weighted by Crippen LogP contribution is -2.15. The normalized spacial score (nSPS) is 11.6. The maximum Gasteiger partial charge on any atom is 0.0593 e. The summed E-state index contributed by atoms with van der Waals surface area (Å²) in [6, 6.07) is 25.5. The highest BCUT2D eigenvalue weighted by molar-refractivity contribution is 6.09. The summed E-state index contributed by atoms with van der Waals surface area (Å²) < 4.78 is 2.37. The van der Waals surface area contributed by atoms with Crippen LogP contribution in [0.1, 0.15) is 19.4 Å².